The fourth-order valence-corrected chi connectivity index (χ4v) is 2.61. The van der Waals surface area contributed by atoms with Crippen molar-refractivity contribution in [1.29, 1.82) is 0 Å². The van der Waals surface area contributed by atoms with Gasteiger partial charge in [-0.1, -0.05) is 30.3 Å². The van der Waals surface area contributed by atoms with E-state index in [1.165, 1.54) is 4.90 Å². The summed E-state index contributed by atoms with van der Waals surface area (Å²) >= 11 is 0. The van der Waals surface area contributed by atoms with Crippen LogP contribution < -0.4 is 5.32 Å². The van der Waals surface area contributed by atoms with Crippen LogP contribution in [0.1, 0.15) is 5.56 Å². The topological polar surface area (TPSA) is 58.6 Å². The number of nitrogens with zero attached hydrogens (tertiary/aromatic N) is 1. The first kappa shape index (κ1) is 17.0. The third-order valence-electron chi connectivity index (χ3n) is 3.88. The molecule has 1 aliphatic heterocycles. The minimum Gasteiger partial charge on any atom is -0.369 e. The van der Waals surface area contributed by atoms with E-state index in [4.69, 9.17) is 4.74 Å². The maximum Gasteiger partial charge on any atom is 0.249 e. The molecule has 7 heteroatoms. The molecule has 1 saturated heterocycles. The Hall–Kier alpha value is -2.80. The van der Waals surface area contributed by atoms with Crippen molar-refractivity contribution in [3.63, 3.8) is 0 Å². The lowest BCUT2D eigenvalue weighted by Crippen LogP contribution is -2.54. The summed E-state index contributed by atoms with van der Waals surface area (Å²) in [5, 5.41) is 2.33. The average Bonchev–Trinajstić information content (AvgIpc) is 2.61. The summed E-state index contributed by atoms with van der Waals surface area (Å²) in [6, 6.07) is 11.0. The first-order valence-corrected chi connectivity index (χ1v) is 7.71. The fraction of sp³-hybridized carbons (Fsp3) is 0.222. The number of halogens is 2. The van der Waals surface area contributed by atoms with E-state index in [9.17, 15) is 18.4 Å². The molecule has 0 aliphatic carbocycles. The third kappa shape index (κ3) is 4.00. The first-order valence-electron chi connectivity index (χ1n) is 7.71. The van der Waals surface area contributed by atoms with Crippen LogP contribution in [0.2, 0.25) is 0 Å². The second-order valence-corrected chi connectivity index (χ2v) is 5.65. The molecule has 5 nitrogen and oxygen atoms in total. The van der Waals surface area contributed by atoms with Crippen LogP contribution in [0.5, 0.6) is 0 Å². The molecule has 130 valence electrons. The van der Waals surface area contributed by atoms with Gasteiger partial charge in [0, 0.05) is 12.6 Å². The summed E-state index contributed by atoms with van der Waals surface area (Å²) in [5.41, 5.74) is 0.579. The van der Waals surface area contributed by atoms with Gasteiger partial charge in [0.05, 0.1) is 12.3 Å². The molecule has 1 heterocycles. The molecule has 0 bridgehead atoms. The molecule has 25 heavy (non-hydrogen) atoms. The van der Waals surface area contributed by atoms with Crippen LogP contribution in [0.25, 0.3) is 0 Å². The molecule has 1 N–H and O–H groups in total. The van der Waals surface area contributed by atoms with E-state index in [1.54, 1.807) is 0 Å². The highest BCUT2D eigenvalue weighted by molar-refractivity contribution is 5.98. The summed E-state index contributed by atoms with van der Waals surface area (Å²) < 4.78 is 32.1. The molecule has 0 spiro atoms. The smallest absolute Gasteiger partial charge is 0.249 e. The highest BCUT2D eigenvalue weighted by Crippen LogP contribution is 2.19. The summed E-state index contributed by atoms with van der Waals surface area (Å²) in [6.07, 6.45) is 0. The number of amides is 2. The maximum absolute atomic E-state index is 13.7. The van der Waals surface area contributed by atoms with Crippen molar-refractivity contribution in [2.75, 3.05) is 18.5 Å². The van der Waals surface area contributed by atoms with Crippen LogP contribution in [-0.2, 0) is 20.9 Å². The molecule has 0 radical (unpaired) electrons. The van der Waals surface area contributed by atoms with Gasteiger partial charge in [-0.2, -0.15) is 0 Å². The minimum absolute atomic E-state index is 0.0126. The molecular weight excluding hydrogens is 330 g/mol. The highest BCUT2D eigenvalue weighted by Gasteiger charge is 2.34. The van der Waals surface area contributed by atoms with E-state index >= 15 is 0 Å². The Morgan fingerprint density at radius 1 is 1.20 bits per heavy atom. The SMILES string of the molecule is O=C(Nc1cc(F)ccc1F)[C@H]1COCC(=O)N1Cc1ccccc1. The summed E-state index contributed by atoms with van der Waals surface area (Å²) in [7, 11) is 0. The van der Waals surface area contributed by atoms with Crippen LogP contribution in [0, 0.1) is 11.6 Å². The van der Waals surface area contributed by atoms with Gasteiger partial charge >= 0.3 is 0 Å². The number of hydrogen-bond donors (Lipinski definition) is 1. The number of anilines is 1. The van der Waals surface area contributed by atoms with Crippen molar-refractivity contribution in [1.82, 2.24) is 4.90 Å². The number of rotatable bonds is 4. The number of ether oxygens (including phenoxy) is 1. The summed E-state index contributed by atoms with van der Waals surface area (Å²) in [5.74, 6) is -2.40. The van der Waals surface area contributed by atoms with Gasteiger partial charge in [-0.05, 0) is 17.7 Å². The zero-order chi connectivity index (χ0) is 17.8. The van der Waals surface area contributed by atoms with E-state index in [0.717, 1.165) is 23.8 Å². The number of hydrogen-bond acceptors (Lipinski definition) is 3. The van der Waals surface area contributed by atoms with Crippen LogP contribution >= 0.6 is 0 Å². The Kier molecular flexibility index (Phi) is 5.04. The zero-order valence-electron chi connectivity index (χ0n) is 13.2. The molecule has 0 unspecified atom stereocenters. The lowest BCUT2D eigenvalue weighted by Gasteiger charge is -2.34. The van der Waals surface area contributed by atoms with Crippen LogP contribution in [-0.4, -0.2) is 36.0 Å². The van der Waals surface area contributed by atoms with Gasteiger partial charge in [-0.15, -0.1) is 0 Å². The molecular formula is C18H16F2N2O3. The van der Waals surface area contributed by atoms with Crippen LogP contribution in [0.3, 0.4) is 0 Å². The molecule has 3 rings (SSSR count). The third-order valence-corrected chi connectivity index (χ3v) is 3.88. The number of carbonyl (C=O) groups excluding carboxylic acids is 2. The Labute approximate surface area is 143 Å². The number of carbonyl (C=O) groups is 2. The van der Waals surface area contributed by atoms with E-state index < -0.39 is 23.6 Å². The fourth-order valence-electron chi connectivity index (χ4n) is 2.61. The van der Waals surface area contributed by atoms with Gasteiger partial charge < -0.3 is 15.0 Å². The Morgan fingerprint density at radius 2 is 1.96 bits per heavy atom. The van der Waals surface area contributed by atoms with Crippen LogP contribution in [0.15, 0.2) is 48.5 Å². The van der Waals surface area contributed by atoms with Crippen LogP contribution in [0.4, 0.5) is 14.5 Å². The Balaban J connectivity index is 1.78. The molecule has 2 amide bonds. The van der Waals surface area contributed by atoms with Crippen molar-refractivity contribution < 1.29 is 23.1 Å². The molecule has 0 aromatic heterocycles. The van der Waals surface area contributed by atoms with Gasteiger partial charge in [0.2, 0.25) is 11.8 Å². The van der Waals surface area contributed by atoms with E-state index in [1.807, 2.05) is 30.3 Å². The van der Waals surface area contributed by atoms with E-state index in [2.05, 4.69) is 5.32 Å². The molecule has 2 aromatic carbocycles. The lowest BCUT2D eigenvalue weighted by molar-refractivity contribution is -0.154. The normalized spacial score (nSPS) is 17.4. The van der Waals surface area contributed by atoms with Gasteiger partial charge in [0.15, 0.2) is 0 Å². The first-order chi connectivity index (χ1) is 12.0. The van der Waals surface area contributed by atoms with Gasteiger partial charge in [0.25, 0.3) is 0 Å². The number of morpholine rings is 1. The monoisotopic (exact) mass is 346 g/mol. The molecule has 2 aromatic rings. The van der Waals surface area contributed by atoms with Crippen molar-refractivity contribution in [2.24, 2.45) is 0 Å². The predicted octanol–water partition coefficient (Wildman–Crippen LogP) is 2.33. The summed E-state index contributed by atoms with van der Waals surface area (Å²) in [4.78, 5) is 26.1. The van der Waals surface area contributed by atoms with Gasteiger partial charge in [-0.25, -0.2) is 8.78 Å². The average molecular weight is 346 g/mol. The minimum atomic E-state index is -0.927. The largest absolute Gasteiger partial charge is 0.369 e. The molecule has 1 fully saturated rings. The predicted molar refractivity (Wildman–Crippen MR) is 86.6 cm³/mol. The maximum atomic E-state index is 13.7. The van der Waals surface area contributed by atoms with Gasteiger partial charge in [-0.3, -0.25) is 9.59 Å². The van der Waals surface area contributed by atoms with Gasteiger partial charge in [0.1, 0.15) is 24.3 Å². The molecule has 1 atom stereocenters. The quantitative estimate of drug-likeness (QED) is 0.924. The van der Waals surface area contributed by atoms with Crippen molar-refractivity contribution in [2.45, 2.75) is 12.6 Å². The molecule has 1 aliphatic rings. The van der Waals surface area contributed by atoms with E-state index in [0.29, 0.717) is 0 Å². The number of nitrogens with one attached hydrogen (secondary N) is 1. The number of benzene rings is 2. The van der Waals surface area contributed by atoms with Crippen molar-refractivity contribution in [3.8, 4) is 0 Å². The highest BCUT2D eigenvalue weighted by atomic mass is 19.1. The van der Waals surface area contributed by atoms with Crippen molar-refractivity contribution >= 4 is 17.5 Å². The standard InChI is InChI=1S/C18H16F2N2O3/c19-13-6-7-14(20)15(8-13)21-18(24)16-10-25-11-17(23)22(16)9-12-4-2-1-3-5-12/h1-8,16H,9-11H2,(H,21,24)/t16-/m1/s1. The second kappa shape index (κ2) is 7.40. The summed E-state index contributed by atoms with van der Waals surface area (Å²) in [6.45, 7) is 0.0963. The van der Waals surface area contributed by atoms with Crippen molar-refractivity contribution in [3.05, 3.63) is 65.7 Å². The molecule has 0 saturated carbocycles. The second-order valence-electron chi connectivity index (χ2n) is 5.65. The Morgan fingerprint density at radius 3 is 2.72 bits per heavy atom. The van der Waals surface area contributed by atoms with E-state index in [-0.39, 0.29) is 31.4 Å². The zero-order valence-corrected chi connectivity index (χ0v) is 13.2. The lowest BCUT2D eigenvalue weighted by atomic mass is 10.1. The Bertz CT molecular complexity index is 783.